The van der Waals surface area contributed by atoms with E-state index in [9.17, 15) is 0 Å². The predicted molar refractivity (Wildman–Crippen MR) is 147 cm³/mol. The van der Waals surface area contributed by atoms with Gasteiger partial charge in [-0.1, -0.05) is 18.2 Å². The number of hydrogen-bond acceptors (Lipinski definition) is 7. The van der Waals surface area contributed by atoms with Crippen LogP contribution in [0.25, 0.3) is 20.8 Å². The minimum atomic E-state index is 0.570. The number of nitrogens with one attached hydrogen (secondary N) is 2. The van der Waals surface area contributed by atoms with E-state index in [4.69, 9.17) is 9.72 Å². The number of para-hydroxylation sites is 1. The Morgan fingerprint density at radius 3 is 2.74 bits per heavy atom. The summed E-state index contributed by atoms with van der Waals surface area (Å²) in [7, 11) is 1.70. The lowest BCUT2D eigenvalue weighted by atomic mass is 10.0. The molecule has 1 aliphatic heterocycles. The van der Waals surface area contributed by atoms with Crippen molar-refractivity contribution in [2.24, 2.45) is 0 Å². The summed E-state index contributed by atoms with van der Waals surface area (Å²) in [4.78, 5) is 9.09. The maximum Gasteiger partial charge on any atom is 0.127 e. The maximum absolute atomic E-state index is 5.32. The van der Waals surface area contributed by atoms with Crippen molar-refractivity contribution in [3.63, 3.8) is 0 Å². The van der Waals surface area contributed by atoms with Crippen molar-refractivity contribution in [2.75, 3.05) is 37.4 Å². The molecule has 0 atom stereocenters. The number of nitrogens with zero attached hydrogens (tertiary/aromatic N) is 2. The molecule has 2 N–H and O–H groups in total. The van der Waals surface area contributed by atoms with Gasteiger partial charge in [-0.3, -0.25) is 4.90 Å². The van der Waals surface area contributed by atoms with Gasteiger partial charge < -0.3 is 15.4 Å². The van der Waals surface area contributed by atoms with Crippen molar-refractivity contribution in [1.29, 1.82) is 0 Å². The van der Waals surface area contributed by atoms with Gasteiger partial charge in [0.25, 0.3) is 0 Å². The third-order valence-electron chi connectivity index (χ3n) is 6.36. The average molecular weight is 493 g/mol. The lowest BCUT2D eigenvalue weighted by Crippen LogP contribution is -2.35. The van der Waals surface area contributed by atoms with Crippen LogP contribution in [0, 0.1) is 0 Å². The SMILES string of the molecule is COc1cccc(NCCCNc2sc3c(c2-c2nc4ccccc4s2)CCN(C(C)C)C3)c1. The van der Waals surface area contributed by atoms with Crippen molar-refractivity contribution in [2.45, 2.75) is 39.3 Å². The van der Waals surface area contributed by atoms with Gasteiger partial charge in [-0.25, -0.2) is 4.98 Å². The molecule has 2 aromatic heterocycles. The first-order valence-corrected chi connectivity index (χ1v) is 13.6. The number of methoxy groups -OCH3 is 1. The van der Waals surface area contributed by atoms with Gasteiger partial charge in [-0.05, 0) is 56.5 Å². The highest BCUT2D eigenvalue weighted by Gasteiger charge is 2.27. The molecule has 0 saturated carbocycles. The number of ether oxygens (including phenoxy) is 1. The molecule has 5 rings (SSSR count). The standard InChI is InChI=1S/C27H32N4OS2/c1-18(2)31-15-12-21-24(17-31)34-26(25(21)27-30-22-10-4-5-11-23(22)33-27)29-14-7-13-28-19-8-6-9-20(16-19)32-3/h4-6,8-11,16,18,28-29H,7,12-15,17H2,1-3H3. The fourth-order valence-electron chi connectivity index (χ4n) is 4.45. The Hall–Kier alpha value is -2.61. The van der Waals surface area contributed by atoms with Crippen LogP contribution in [0.5, 0.6) is 5.75 Å². The van der Waals surface area contributed by atoms with Crippen molar-refractivity contribution >= 4 is 43.6 Å². The molecule has 34 heavy (non-hydrogen) atoms. The number of thiazole rings is 1. The lowest BCUT2D eigenvalue weighted by molar-refractivity contribution is 0.206. The van der Waals surface area contributed by atoms with Gasteiger partial charge in [-0.2, -0.15) is 0 Å². The normalized spacial score (nSPS) is 13.9. The molecule has 0 spiro atoms. The summed E-state index contributed by atoms with van der Waals surface area (Å²) >= 11 is 3.74. The van der Waals surface area contributed by atoms with Crippen LogP contribution in [0.15, 0.2) is 48.5 Å². The highest BCUT2D eigenvalue weighted by molar-refractivity contribution is 7.22. The van der Waals surface area contributed by atoms with Crippen molar-refractivity contribution in [3.8, 4) is 16.3 Å². The van der Waals surface area contributed by atoms with E-state index in [-0.39, 0.29) is 0 Å². The minimum Gasteiger partial charge on any atom is -0.497 e. The first kappa shape index (κ1) is 23.1. The first-order chi connectivity index (χ1) is 16.6. The van der Waals surface area contributed by atoms with Crippen LogP contribution in [0.1, 0.15) is 30.7 Å². The zero-order valence-electron chi connectivity index (χ0n) is 20.1. The summed E-state index contributed by atoms with van der Waals surface area (Å²) in [5.41, 5.74) is 5.02. The molecule has 0 radical (unpaired) electrons. The molecule has 0 amide bonds. The van der Waals surface area contributed by atoms with E-state index in [2.05, 4.69) is 59.7 Å². The molecule has 0 saturated heterocycles. The van der Waals surface area contributed by atoms with Gasteiger partial charge in [0.15, 0.2) is 0 Å². The van der Waals surface area contributed by atoms with Crippen molar-refractivity contribution in [1.82, 2.24) is 9.88 Å². The number of fused-ring (bicyclic) bond motifs is 2. The second-order valence-electron chi connectivity index (χ2n) is 8.95. The quantitative estimate of drug-likeness (QED) is 0.254. The van der Waals surface area contributed by atoms with Gasteiger partial charge in [0.1, 0.15) is 10.8 Å². The molecular weight excluding hydrogens is 460 g/mol. The topological polar surface area (TPSA) is 49.4 Å². The molecular formula is C27H32N4OS2. The van der Waals surface area contributed by atoms with Crippen LogP contribution in [-0.4, -0.2) is 42.7 Å². The minimum absolute atomic E-state index is 0.570. The van der Waals surface area contributed by atoms with E-state index >= 15 is 0 Å². The molecule has 0 fully saturated rings. The van der Waals surface area contributed by atoms with Gasteiger partial charge in [-0.15, -0.1) is 22.7 Å². The van der Waals surface area contributed by atoms with E-state index in [1.165, 1.54) is 25.7 Å². The predicted octanol–water partition coefficient (Wildman–Crippen LogP) is 6.71. The monoisotopic (exact) mass is 492 g/mol. The summed E-state index contributed by atoms with van der Waals surface area (Å²) in [6, 6.07) is 17.1. The molecule has 4 aromatic rings. The molecule has 5 nitrogen and oxygen atoms in total. The first-order valence-electron chi connectivity index (χ1n) is 12.0. The van der Waals surface area contributed by atoms with Gasteiger partial charge in [0, 0.05) is 54.4 Å². The van der Waals surface area contributed by atoms with E-state index < -0.39 is 0 Å². The number of hydrogen-bond donors (Lipinski definition) is 2. The zero-order valence-corrected chi connectivity index (χ0v) is 21.7. The zero-order chi connectivity index (χ0) is 23.5. The summed E-state index contributed by atoms with van der Waals surface area (Å²) < 4.78 is 6.57. The molecule has 0 unspecified atom stereocenters. The van der Waals surface area contributed by atoms with Crippen LogP contribution in [-0.2, 0) is 13.0 Å². The summed E-state index contributed by atoms with van der Waals surface area (Å²) in [6.45, 7) is 8.56. The van der Waals surface area contributed by atoms with Gasteiger partial charge >= 0.3 is 0 Å². The molecule has 7 heteroatoms. The van der Waals surface area contributed by atoms with E-state index in [0.717, 1.165) is 61.0 Å². The second kappa shape index (κ2) is 10.3. The van der Waals surface area contributed by atoms with E-state index in [1.807, 2.05) is 40.9 Å². The number of rotatable bonds is 9. The van der Waals surface area contributed by atoms with Crippen LogP contribution in [0.3, 0.4) is 0 Å². The highest BCUT2D eigenvalue weighted by atomic mass is 32.1. The Balaban J connectivity index is 1.32. The smallest absolute Gasteiger partial charge is 0.127 e. The Kier molecular flexibility index (Phi) is 7.04. The van der Waals surface area contributed by atoms with Crippen LogP contribution in [0.4, 0.5) is 10.7 Å². The van der Waals surface area contributed by atoms with Gasteiger partial charge in [0.05, 0.1) is 22.3 Å². The molecule has 2 aromatic carbocycles. The third kappa shape index (κ3) is 4.92. The average Bonchev–Trinajstić information content (AvgIpc) is 3.44. The number of anilines is 2. The largest absolute Gasteiger partial charge is 0.497 e. The van der Waals surface area contributed by atoms with Crippen molar-refractivity contribution < 1.29 is 4.74 Å². The third-order valence-corrected chi connectivity index (χ3v) is 8.59. The number of benzene rings is 2. The molecule has 0 aliphatic carbocycles. The second-order valence-corrected chi connectivity index (χ2v) is 11.1. The number of aromatic nitrogens is 1. The molecule has 178 valence electrons. The summed E-state index contributed by atoms with van der Waals surface area (Å²) in [5.74, 6) is 0.878. The lowest BCUT2D eigenvalue weighted by Gasteiger charge is -2.30. The van der Waals surface area contributed by atoms with Crippen LogP contribution < -0.4 is 15.4 Å². The van der Waals surface area contributed by atoms with Crippen LogP contribution >= 0.6 is 22.7 Å². The Morgan fingerprint density at radius 1 is 1.06 bits per heavy atom. The van der Waals surface area contributed by atoms with E-state index in [1.54, 1.807) is 7.11 Å². The Labute approximate surface area is 209 Å². The van der Waals surface area contributed by atoms with Crippen LogP contribution in [0.2, 0.25) is 0 Å². The fourth-order valence-corrected chi connectivity index (χ4v) is 6.86. The summed E-state index contributed by atoms with van der Waals surface area (Å²) in [6.07, 6.45) is 2.12. The summed E-state index contributed by atoms with van der Waals surface area (Å²) in [5, 5.41) is 9.69. The van der Waals surface area contributed by atoms with Crippen molar-refractivity contribution in [3.05, 3.63) is 59.0 Å². The Morgan fingerprint density at radius 2 is 1.91 bits per heavy atom. The highest BCUT2D eigenvalue weighted by Crippen LogP contribution is 2.45. The Bertz CT molecular complexity index is 1230. The molecule has 0 bridgehead atoms. The fraction of sp³-hybridized carbons (Fsp3) is 0.370. The molecule has 1 aliphatic rings. The number of thiophene rings is 1. The van der Waals surface area contributed by atoms with Gasteiger partial charge in [0.2, 0.25) is 0 Å². The molecule has 3 heterocycles. The maximum atomic E-state index is 5.32. The van der Waals surface area contributed by atoms with E-state index in [0.29, 0.717) is 6.04 Å².